The van der Waals surface area contributed by atoms with E-state index in [1.54, 1.807) is 0 Å². The fraction of sp³-hybridized carbons (Fsp3) is 0.818. The molecule has 3 heteroatoms. The molecule has 1 aliphatic heterocycles. The molecule has 14 heavy (non-hydrogen) atoms. The second kappa shape index (κ2) is 2.59. The Balaban J connectivity index is 2.06. The summed E-state index contributed by atoms with van der Waals surface area (Å²) in [6.45, 7) is 0.558. The number of hydrogen-bond acceptors (Lipinski definition) is 3. The standard InChI is InChI=1S/C11H14O3/c12-9-4-5-11-7(6-14-10(11)13)2-1-3-8(9)11/h7-8H,1-6H2/t7-,8?,11-/m1/s1. The highest BCUT2D eigenvalue weighted by Gasteiger charge is 2.63. The average molecular weight is 194 g/mol. The molecular weight excluding hydrogens is 180 g/mol. The number of cyclic esters (lactones) is 1. The van der Waals surface area contributed by atoms with Crippen LogP contribution in [0.4, 0.5) is 0 Å². The molecule has 1 heterocycles. The molecule has 1 spiro atoms. The normalized spacial score (nSPS) is 46.0. The third kappa shape index (κ3) is 0.787. The number of hydrogen-bond donors (Lipinski definition) is 0. The molecule has 0 bridgehead atoms. The van der Waals surface area contributed by atoms with Crippen LogP contribution in [0.15, 0.2) is 0 Å². The van der Waals surface area contributed by atoms with Crippen molar-refractivity contribution in [3.05, 3.63) is 0 Å². The molecule has 3 rings (SSSR count). The Kier molecular flexibility index (Phi) is 1.56. The summed E-state index contributed by atoms with van der Waals surface area (Å²) in [6, 6.07) is 0. The fourth-order valence-corrected chi connectivity index (χ4v) is 3.65. The zero-order valence-electron chi connectivity index (χ0n) is 8.12. The van der Waals surface area contributed by atoms with Crippen molar-refractivity contribution in [3.8, 4) is 0 Å². The molecular formula is C11H14O3. The Bertz CT molecular complexity index is 310. The van der Waals surface area contributed by atoms with Gasteiger partial charge in [-0.05, 0) is 19.3 Å². The molecule has 3 aliphatic rings. The molecule has 0 aromatic rings. The average Bonchev–Trinajstić information content (AvgIpc) is 2.70. The first-order valence-electron chi connectivity index (χ1n) is 5.45. The number of carbonyl (C=O) groups excluding carboxylic acids is 2. The summed E-state index contributed by atoms with van der Waals surface area (Å²) in [5.41, 5.74) is -0.380. The lowest BCUT2D eigenvalue weighted by Crippen LogP contribution is -2.41. The van der Waals surface area contributed by atoms with Gasteiger partial charge in [0.1, 0.15) is 5.78 Å². The van der Waals surface area contributed by atoms with Gasteiger partial charge in [-0.2, -0.15) is 0 Å². The summed E-state index contributed by atoms with van der Waals surface area (Å²) in [7, 11) is 0. The quantitative estimate of drug-likeness (QED) is 0.546. The minimum atomic E-state index is -0.380. The van der Waals surface area contributed by atoms with Crippen LogP contribution in [0, 0.1) is 17.3 Å². The number of ketones is 1. The van der Waals surface area contributed by atoms with Crippen molar-refractivity contribution in [2.45, 2.75) is 32.1 Å². The van der Waals surface area contributed by atoms with Gasteiger partial charge in [-0.1, -0.05) is 6.42 Å². The summed E-state index contributed by atoms with van der Waals surface area (Å²) >= 11 is 0. The second-order valence-corrected chi connectivity index (χ2v) is 4.79. The van der Waals surface area contributed by atoms with Gasteiger partial charge in [-0.15, -0.1) is 0 Å². The predicted octanol–water partition coefficient (Wildman–Crippen LogP) is 1.31. The molecule has 3 atom stereocenters. The smallest absolute Gasteiger partial charge is 0.313 e. The number of esters is 1. The van der Waals surface area contributed by atoms with Crippen molar-refractivity contribution in [2.24, 2.45) is 17.3 Å². The van der Waals surface area contributed by atoms with Gasteiger partial charge in [0.15, 0.2) is 0 Å². The van der Waals surface area contributed by atoms with Crippen molar-refractivity contribution in [1.82, 2.24) is 0 Å². The van der Waals surface area contributed by atoms with Crippen molar-refractivity contribution in [1.29, 1.82) is 0 Å². The Morgan fingerprint density at radius 1 is 1.29 bits per heavy atom. The van der Waals surface area contributed by atoms with Gasteiger partial charge in [-0.3, -0.25) is 9.59 Å². The van der Waals surface area contributed by atoms with Crippen LogP contribution in [0.2, 0.25) is 0 Å². The number of ether oxygens (including phenoxy) is 1. The Labute approximate surface area is 82.8 Å². The highest BCUT2D eigenvalue weighted by atomic mass is 16.5. The maximum Gasteiger partial charge on any atom is 0.313 e. The molecule has 0 N–H and O–H groups in total. The van der Waals surface area contributed by atoms with Crippen LogP contribution in [-0.4, -0.2) is 18.4 Å². The van der Waals surface area contributed by atoms with Crippen LogP contribution in [0.1, 0.15) is 32.1 Å². The Morgan fingerprint density at radius 3 is 3.00 bits per heavy atom. The third-order valence-electron chi connectivity index (χ3n) is 4.37. The van der Waals surface area contributed by atoms with Crippen LogP contribution in [0.25, 0.3) is 0 Å². The molecule has 1 unspecified atom stereocenters. The summed E-state index contributed by atoms with van der Waals surface area (Å²) in [5.74, 6) is 0.544. The predicted molar refractivity (Wildman–Crippen MR) is 48.5 cm³/mol. The molecule has 76 valence electrons. The molecule has 0 radical (unpaired) electrons. The maximum atomic E-state index is 11.8. The first-order valence-corrected chi connectivity index (χ1v) is 5.45. The molecule has 0 aromatic heterocycles. The van der Waals surface area contributed by atoms with E-state index in [4.69, 9.17) is 4.74 Å². The van der Waals surface area contributed by atoms with Crippen LogP contribution in [-0.2, 0) is 14.3 Å². The highest BCUT2D eigenvalue weighted by Crippen LogP contribution is 2.57. The summed E-state index contributed by atoms with van der Waals surface area (Å²) in [4.78, 5) is 23.5. The molecule has 0 amide bonds. The van der Waals surface area contributed by atoms with E-state index in [2.05, 4.69) is 0 Å². The zero-order chi connectivity index (χ0) is 9.76. The molecule has 1 saturated heterocycles. The van der Waals surface area contributed by atoms with E-state index in [1.165, 1.54) is 0 Å². The van der Waals surface area contributed by atoms with Crippen LogP contribution < -0.4 is 0 Å². The van der Waals surface area contributed by atoms with Gasteiger partial charge < -0.3 is 4.74 Å². The molecule has 2 aliphatic carbocycles. The van der Waals surface area contributed by atoms with Crippen molar-refractivity contribution in [2.75, 3.05) is 6.61 Å². The monoisotopic (exact) mass is 194 g/mol. The number of rotatable bonds is 0. The van der Waals surface area contributed by atoms with Gasteiger partial charge in [0.2, 0.25) is 0 Å². The summed E-state index contributed by atoms with van der Waals surface area (Å²) in [5, 5.41) is 0. The molecule has 3 nitrogen and oxygen atoms in total. The van der Waals surface area contributed by atoms with E-state index in [0.29, 0.717) is 24.7 Å². The van der Waals surface area contributed by atoms with Crippen LogP contribution in [0.5, 0.6) is 0 Å². The highest BCUT2D eigenvalue weighted by molar-refractivity contribution is 5.94. The number of carbonyl (C=O) groups is 2. The Morgan fingerprint density at radius 2 is 2.14 bits per heavy atom. The van der Waals surface area contributed by atoms with Gasteiger partial charge in [0.05, 0.1) is 12.0 Å². The maximum absolute atomic E-state index is 11.8. The molecule has 0 aromatic carbocycles. The van der Waals surface area contributed by atoms with Gasteiger partial charge in [-0.25, -0.2) is 0 Å². The van der Waals surface area contributed by atoms with E-state index >= 15 is 0 Å². The van der Waals surface area contributed by atoms with Crippen molar-refractivity contribution in [3.63, 3.8) is 0 Å². The molecule has 3 fully saturated rings. The largest absolute Gasteiger partial charge is 0.465 e. The first-order chi connectivity index (χ1) is 6.75. The summed E-state index contributed by atoms with van der Waals surface area (Å²) < 4.78 is 5.16. The number of Topliss-reactive ketones (excluding diaryl/α,β-unsaturated/α-hetero) is 1. The first kappa shape index (κ1) is 8.45. The van der Waals surface area contributed by atoms with E-state index in [-0.39, 0.29) is 17.3 Å². The Hall–Kier alpha value is -0.860. The van der Waals surface area contributed by atoms with Crippen molar-refractivity contribution < 1.29 is 14.3 Å². The minimum absolute atomic E-state index is 0.00347. The van der Waals surface area contributed by atoms with Gasteiger partial charge in [0, 0.05) is 18.3 Å². The lowest BCUT2D eigenvalue weighted by molar-refractivity contribution is -0.151. The second-order valence-electron chi connectivity index (χ2n) is 4.79. The van der Waals surface area contributed by atoms with Crippen LogP contribution >= 0.6 is 0 Å². The zero-order valence-corrected chi connectivity index (χ0v) is 8.12. The minimum Gasteiger partial charge on any atom is -0.465 e. The summed E-state index contributed by atoms with van der Waals surface area (Å²) in [6.07, 6.45) is 4.40. The topological polar surface area (TPSA) is 43.4 Å². The van der Waals surface area contributed by atoms with E-state index in [9.17, 15) is 9.59 Å². The lowest BCUT2D eigenvalue weighted by Gasteiger charge is -2.36. The molecule has 2 saturated carbocycles. The SMILES string of the molecule is O=C1CC[C@@]23C(=O)OC[C@H]2CCCC13. The fourth-order valence-electron chi connectivity index (χ4n) is 3.65. The van der Waals surface area contributed by atoms with Crippen LogP contribution in [0.3, 0.4) is 0 Å². The van der Waals surface area contributed by atoms with Gasteiger partial charge >= 0.3 is 5.97 Å². The van der Waals surface area contributed by atoms with Gasteiger partial charge in [0.25, 0.3) is 0 Å². The van der Waals surface area contributed by atoms with E-state index < -0.39 is 0 Å². The van der Waals surface area contributed by atoms with E-state index in [1.807, 2.05) is 0 Å². The lowest BCUT2D eigenvalue weighted by atomic mass is 9.63. The van der Waals surface area contributed by atoms with Crippen molar-refractivity contribution >= 4 is 11.8 Å². The van der Waals surface area contributed by atoms with E-state index in [0.717, 1.165) is 25.7 Å². The third-order valence-corrected chi connectivity index (χ3v) is 4.37.